The standard InChI is InChI=1S/C44H57NO9/c1-48-37-22-20-30(26-38(37)49-2)19-21-36-32-16-13-17-34(27-32)52-24-11-6-12-25-53-42-39(50-3)28-33(29-40(42)51-4)41(31-14-7-5-8-15-31)43(46)45-23-10-9-18-35(45)44(47)54-36/h13,16-17,20,22,26-29,31,35-36,41H,5-12,14-15,18-19,21,23-25H2,1-4H3/t35-,36+,41-/m0/s1. The SMILES string of the molecule is COc1ccc(CC[C@H]2OC(=O)[C@@H]3CCCCN3C(=O)[C@@H](C3CCCCC3)c3cc(OC)c(c(OC)c3)OCCCCCOc3cccc2c3)cc1OC. The first-order valence-corrected chi connectivity index (χ1v) is 19.8. The first-order chi connectivity index (χ1) is 26.4. The van der Waals surface area contributed by atoms with E-state index in [-0.39, 0.29) is 17.8 Å². The fourth-order valence-electron chi connectivity index (χ4n) is 8.32. The maximum absolute atomic E-state index is 15.0. The third-order valence-corrected chi connectivity index (χ3v) is 11.2. The predicted octanol–water partition coefficient (Wildman–Crippen LogP) is 8.62. The Balaban J connectivity index is 1.36. The van der Waals surface area contributed by atoms with Crippen molar-refractivity contribution in [3.63, 3.8) is 0 Å². The van der Waals surface area contributed by atoms with Crippen LogP contribution in [-0.2, 0) is 20.7 Å². The highest BCUT2D eigenvalue weighted by molar-refractivity contribution is 5.89. The fraction of sp³-hybridized carbons (Fsp3) is 0.545. The van der Waals surface area contributed by atoms with Crippen molar-refractivity contribution in [1.29, 1.82) is 0 Å². The largest absolute Gasteiger partial charge is 0.494 e. The van der Waals surface area contributed by atoms with Gasteiger partial charge in [-0.25, -0.2) is 4.79 Å². The molecule has 3 heterocycles. The van der Waals surface area contributed by atoms with Gasteiger partial charge in [0.05, 0.1) is 47.6 Å². The number of hydrogen-bond acceptors (Lipinski definition) is 9. The summed E-state index contributed by atoms with van der Waals surface area (Å²) in [4.78, 5) is 31.3. The maximum Gasteiger partial charge on any atom is 0.329 e. The van der Waals surface area contributed by atoms with Gasteiger partial charge >= 0.3 is 5.97 Å². The van der Waals surface area contributed by atoms with E-state index in [2.05, 4.69) is 0 Å². The van der Waals surface area contributed by atoms with Crippen molar-refractivity contribution in [3.8, 4) is 34.5 Å². The molecule has 292 valence electrons. The molecular formula is C44H57NO9. The molecule has 4 aliphatic rings. The van der Waals surface area contributed by atoms with Gasteiger partial charge < -0.3 is 38.1 Å². The molecule has 2 fully saturated rings. The molecule has 3 aromatic rings. The van der Waals surface area contributed by atoms with Crippen LogP contribution in [0.1, 0.15) is 106 Å². The molecule has 54 heavy (non-hydrogen) atoms. The number of fused-ring (bicyclic) bond motifs is 11. The number of benzene rings is 3. The fourth-order valence-corrected chi connectivity index (χ4v) is 8.32. The molecule has 0 aromatic heterocycles. The number of nitrogens with zero attached hydrogens (tertiary/aromatic N) is 1. The third-order valence-electron chi connectivity index (χ3n) is 11.2. The number of amides is 1. The number of esters is 1. The Morgan fingerprint density at radius 2 is 1.35 bits per heavy atom. The van der Waals surface area contributed by atoms with Gasteiger partial charge in [-0.05, 0) is 123 Å². The van der Waals surface area contributed by atoms with Crippen LogP contribution in [-0.4, -0.2) is 71.0 Å². The van der Waals surface area contributed by atoms with E-state index >= 15 is 4.79 Å². The van der Waals surface area contributed by atoms with Crippen molar-refractivity contribution < 1.29 is 42.7 Å². The molecule has 0 spiro atoms. The molecular weight excluding hydrogens is 686 g/mol. The maximum atomic E-state index is 15.0. The van der Waals surface area contributed by atoms with Crippen LogP contribution in [0.2, 0.25) is 0 Å². The van der Waals surface area contributed by atoms with E-state index in [1.807, 2.05) is 59.5 Å². The van der Waals surface area contributed by atoms with E-state index < -0.39 is 18.1 Å². The molecule has 1 saturated heterocycles. The van der Waals surface area contributed by atoms with Gasteiger partial charge in [-0.15, -0.1) is 0 Å². The summed E-state index contributed by atoms with van der Waals surface area (Å²) in [5.41, 5.74) is 2.72. The van der Waals surface area contributed by atoms with Gasteiger partial charge in [0.1, 0.15) is 17.9 Å². The lowest BCUT2D eigenvalue weighted by Gasteiger charge is -2.40. The summed E-state index contributed by atoms with van der Waals surface area (Å²) >= 11 is 0. The molecule has 7 rings (SSSR count). The average Bonchev–Trinajstić information content (AvgIpc) is 3.22. The lowest BCUT2D eigenvalue weighted by molar-refractivity contribution is -0.163. The second kappa shape index (κ2) is 19.1. The summed E-state index contributed by atoms with van der Waals surface area (Å²) in [7, 11) is 6.48. The summed E-state index contributed by atoms with van der Waals surface area (Å²) in [5.74, 6) is 2.90. The smallest absolute Gasteiger partial charge is 0.329 e. The summed E-state index contributed by atoms with van der Waals surface area (Å²) in [6.45, 7) is 1.53. The third kappa shape index (κ3) is 9.36. The van der Waals surface area contributed by atoms with Crippen LogP contribution < -0.4 is 28.4 Å². The number of piperidine rings is 1. The van der Waals surface area contributed by atoms with Crippen molar-refractivity contribution in [2.45, 2.75) is 102 Å². The van der Waals surface area contributed by atoms with Crippen LogP contribution >= 0.6 is 0 Å². The van der Waals surface area contributed by atoms with E-state index in [1.165, 1.54) is 0 Å². The van der Waals surface area contributed by atoms with Crippen LogP contribution in [0.15, 0.2) is 54.6 Å². The van der Waals surface area contributed by atoms with E-state index in [1.54, 1.807) is 28.4 Å². The van der Waals surface area contributed by atoms with Gasteiger partial charge in [0.15, 0.2) is 23.0 Å². The Morgan fingerprint density at radius 3 is 2.07 bits per heavy atom. The Labute approximate surface area is 320 Å². The van der Waals surface area contributed by atoms with Gasteiger partial charge in [0.2, 0.25) is 11.7 Å². The summed E-state index contributed by atoms with van der Waals surface area (Å²) in [5, 5.41) is 0. The summed E-state index contributed by atoms with van der Waals surface area (Å²) < 4.78 is 41.7. The molecule has 0 radical (unpaired) electrons. The molecule has 3 aliphatic heterocycles. The number of ether oxygens (including phenoxy) is 7. The highest BCUT2D eigenvalue weighted by atomic mass is 16.5. The van der Waals surface area contributed by atoms with Gasteiger partial charge in [-0.3, -0.25) is 4.79 Å². The monoisotopic (exact) mass is 743 g/mol. The van der Waals surface area contributed by atoms with E-state index in [0.29, 0.717) is 67.8 Å². The molecule has 10 nitrogen and oxygen atoms in total. The van der Waals surface area contributed by atoms with Gasteiger partial charge in [-0.1, -0.05) is 37.5 Å². The average molecular weight is 744 g/mol. The number of rotatable bonds is 8. The minimum Gasteiger partial charge on any atom is -0.494 e. The van der Waals surface area contributed by atoms with Crippen LogP contribution in [0.4, 0.5) is 0 Å². The highest BCUT2D eigenvalue weighted by Crippen LogP contribution is 2.45. The van der Waals surface area contributed by atoms with Crippen LogP contribution in [0.25, 0.3) is 0 Å². The number of methoxy groups -OCH3 is 4. The predicted molar refractivity (Wildman–Crippen MR) is 206 cm³/mol. The van der Waals surface area contributed by atoms with E-state index in [0.717, 1.165) is 86.6 Å². The number of hydrogen-bond donors (Lipinski definition) is 0. The lowest BCUT2D eigenvalue weighted by Crippen LogP contribution is -2.51. The zero-order valence-electron chi connectivity index (χ0n) is 32.4. The molecule has 4 bridgehead atoms. The van der Waals surface area contributed by atoms with E-state index in [9.17, 15) is 4.79 Å². The van der Waals surface area contributed by atoms with Crippen molar-refractivity contribution >= 4 is 11.9 Å². The minimum absolute atomic E-state index is 0.0375. The van der Waals surface area contributed by atoms with Crippen LogP contribution in [0, 0.1) is 5.92 Å². The summed E-state index contributed by atoms with van der Waals surface area (Å²) in [6, 6.07) is 16.9. The number of carbonyl (C=O) groups is 2. The molecule has 1 saturated carbocycles. The zero-order chi connectivity index (χ0) is 37.9. The first kappa shape index (κ1) is 39.1. The second-order valence-electron chi connectivity index (χ2n) is 14.7. The highest BCUT2D eigenvalue weighted by Gasteiger charge is 2.41. The van der Waals surface area contributed by atoms with E-state index in [4.69, 9.17) is 33.2 Å². The lowest BCUT2D eigenvalue weighted by atomic mass is 9.75. The van der Waals surface area contributed by atoms with Crippen molar-refractivity contribution in [2.24, 2.45) is 5.92 Å². The first-order valence-electron chi connectivity index (χ1n) is 19.8. The number of carbonyl (C=O) groups excluding carboxylic acids is 2. The van der Waals surface area contributed by atoms with Crippen LogP contribution in [0.5, 0.6) is 34.5 Å². The Morgan fingerprint density at radius 1 is 0.667 bits per heavy atom. The molecule has 3 aromatic carbocycles. The van der Waals surface area contributed by atoms with Gasteiger partial charge in [-0.2, -0.15) is 0 Å². The van der Waals surface area contributed by atoms with Crippen LogP contribution in [0.3, 0.4) is 0 Å². The van der Waals surface area contributed by atoms with Crippen molar-refractivity contribution in [3.05, 3.63) is 71.3 Å². The van der Waals surface area contributed by atoms with Gasteiger partial charge in [0, 0.05) is 6.54 Å². The number of aryl methyl sites for hydroxylation is 1. The Hall–Kier alpha value is -4.60. The normalized spacial score (nSPS) is 21.8. The quantitative estimate of drug-likeness (QED) is 0.210. The van der Waals surface area contributed by atoms with Gasteiger partial charge in [0.25, 0.3) is 0 Å². The zero-order valence-corrected chi connectivity index (χ0v) is 32.4. The van der Waals surface area contributed by atoms with Crippen molar-refractivity contribution in [2.75, 3.05) is 48.2 Å². The molecule has 3 atom stereocenters. The molecule has 1 aliphatic carbocycles. The topological polar surface area (TPSA) is 102 Å². The molecule has 0 N–H and O–H groups in total. The molecule has 0 unspecified atom stereocenters. The summed E-state index contributed by atoms with van der Waals surface area (Å²) in [6.07, 6.45) is 10.6. The van der Waals surface area contributed by atoms with Crippen molar-refractivity contribution in [1.82, 2.24) is 4.90 Å². The molecule has 10 heteroatoms. The Kier molecular flexibility index (Phi) is 13.9. The molecule has 1 amide bonds. The Bertz CT molecular complexity index is 1680. The second-order valence-corrected chi connectivity index (χ2v) is 14.7. The minimum atomic E-state index is -0.694.